The van der Waals surface area contributed by atoms with E-state index in [-0.39, 0.29) is 12.3 Å². The fourth-order valence-corrected chi connectivity index (χ4v) is 3.28. The molecule has 1 aromatic heterocycles. The average Bonchev–Trinajstić information content (AvgIpc) is 2.99. The number of esters is 1. The van der Waals surface area contributed by atoms with Gasteiger partial charge < -0.3 is 9.47 Å². The number of nitrogens with zero attached hydrogens (tertiary/aromatic N) is 2. The van der Waals surface area contributed by atoms with Crippen LogP contribution in [0.1, 0.15) is 34.7 Å². The van der Waals surface area contributed by atoms with Crippen molar-refractivity contribution in [3.05, 3.63) is 59.9 Å². The topological polar surface area (TPSA) is 90.9 Å². The summed E-state index contributed by atoms with van der Waals surface area (Å²) in [7, 11) is 0. The fraction of sp³-hybridized carbons (Fsp3) is 0.190. The van der Waals surface area contributed by atoms with Crippen LogP contribution < -0.4 is 19.2 Å². The van der Waals surface area contributed by atoms with Crippen LogP contribution in [0.5, 0.6) is 5.75 Å². The van der Waals surface area contributed by atoms with Gasteiger partial charge in [0.05, 0.1) is 18.8 Å². The number of rotatable bonds is 5. The number of benzene rings is 2. The first-order chi connectivity index (χ1) is 14.0. The van der Waals surface area contributed by atoms with Crippen LogP contribution in [-0.2, 0) is 4.74 Å². The van der Waals surface area contributed by atoms with Crippen molar-refractivity contribution < 1.29 is 33.4 Å². The number of hydrogen-bond donors (Lipinski definition) is 0. The summed E-state index contributed by atoms with van der Waals surface area (Å²) in [4.78, 5) is 42.0. The van der Waals surface area contributed by atoms with E-state index in [1.807, 2.05) is 6.92 Å². The zero-order valence-electron chi connectivity index (χ0n) is 16.0. The normalized spacial score (nSPS) is 13.0. The van der Waals surface area contributed by atoms with E-state index in [0.717, 1.165) is 4.90 Å². The summed E-state index contributed by atoms with van der Waals surface area (Å²) in [6.07, 6.45) is 1.46. The molecule has 0 spiro atoms. The number of H-pyrrole nitrogens is 1. The number of fused-ring (bicyclic) bond motifs is 3. The Balaban J connectivity index is 1.74. The molecule has 3 aromatic rings. The van der Waals surface area contributed by atoms with Crippen molar-refractivity contribution in [2.75, 3.05) is 18.1 Å². The van der Waals surface area contributed by atoms with Crippen LogP contribution in [0, 0.1) is 0 Å². The van der Waals surface area contributed by atoms with Gasteiger partial charge in [0, 0.05) is 6.07 Å². The maximum atomic E-state index is 13.1. The molecule has 0 fully saturated rings. The molecule has 2 aromatic carbocycles. The number of carbonyl (C=O) groups is 3. The molecular weight excluding hydrogens is 374 g/mol. The summed E-state index contributed by atoms with van der Waals surface area (Å²) >= 11 is 0. The third-order valence-electron chi connectivity index (χ3n) is 4.56. The van der Waals surface area contributed by atoms with Gasteiger partial charge in [-0.1, -0.05) is 0 Å². The summed E-state index contributed by atoms with van der Waals surface area (Å²) < 4.78 is 11.8. The minimum atomic E-state index is -0.489. The predicted molar refractivity (Wildman–Crippen MR) is 102 cm³/mol. The molecule has 2 amide bonds. The average molecular weight is 393 g/mol. The van der Waals surface area contributed by atoms with Crippen molar-refractivity contribution in [2.24, 2.45) is 0 Å². The Morgan fingerprint density at radius 3 is 2.52 bits per heavy atom. The van der Waals surface area contributed by atoms with Crippen molar-refractivity contribution in [3.8, 4) is 5.75 Å². The van der Waals surface area contributed by atoms with Crippen molar-refractivity contribution in [3.63, 3.8) is 0 Å². The monoisotopic (exact) mass is 393 g/mol. The van der Waals surface area contributed by atoms with Gasteiger partial charge in [-0.3, -0.25) is 0 Å². The largest absolute Gasteiger partial charge is 0.512 e. The predicted octanol–water partition coefficient (Wildman–Crippen LogP) is 2.15. The van der Waals surface area contributed by atoms with Gasteiger partial charge in [0.25, 0.3) is 11.2 Å². The molecule has 0 atom stereocenters. The summed E-state index contributed by atoms with van der Waals surface area (Å²) in [5, 5.41) is 0. The molecule has 4 rings (SSSR count). The zero-order chi connectivity index (χ0) is 20.5. The zero-order valence-corrected chi connectivity index (χ0v) is 16.0. The molecule has 1 aliphatic heterocycles. The summed E-state index contributed by atoms with van der Waals surface area (Å²) in [6.45, 7) is 4.40. The van der Waals surface area contributed by atoms with Gasteiger partial charge in [-0.2, -0.15) is 4.79 Å². The number of aromatic nitrogens is 2. The highest BCUT2D eigenvalue weighted by molar-refractivity contribution is 6.21. The molecule has 2 heterocycles. The van der Waals surface area contributed by atoms with E-state index >= 15 is 0 Å². The van der Waals surface area contributed by atoms with E-state index in [1.54, 1.807) is 49.4 Å². The molecule has 8 nitrogen and oxygen atoms in total. The van der Waals surface area contributed by atoms with Crippen LogP contribution in [0.2, 0.25) is 0 Å². The Morgan fingerprint density at radius 2 is 1.83 bits per heavy atom. The number of nitrogens with one attached hydrogen (secondary N) is 1. The lowest BCUT2D eigenvalue weighted by Crippen LogP contribution is -2.47. The number of imide groups is 1. The Kier molecular flexibility index (Phi) is 4.67. The minimum absolute atomic E-state index is 0.209. The molecule has 29 heavy (non-hydrogen) atoms. The van der Waals surface area contributed by atoms with E-state index < -0.39 is 17.9 Å². The molecule has 1 N–H and O–H groups in total. The number of hydrogen-bond acceptors (Lipinski definition) is 5. The molecule has 1 aliphatic rings. The highest BCUT2D eigenvalue weighted by Crippen LogP contribution is 2.24. The van der Waals surface area contributed by atoms with Gasteiger partial charge in [0.15, 0.2) is 0 Å². The van der Waals surface area contributed by atoms with Crippen LogP contribution in [0.15, 0.2) is 48.7 Å². The number of carbonyl (C=O) groups excluding carboxylic acids is 3. The molecular formula is C21H19N3O5+2. The van der Waals surface area contributed by atoms with Crippen molar-refractivity contribution >= 4 is 34.6 Å². The molecule has 0 aliphatic carbocycles. The molecule has 0 unspecified atom stereocenters. The van der Waals surface area contributed by atoms with E-state index in [9.17, 15) is 14.4 Å². The van der Waals surface area contributed by atoms with Gasteiger partial charge in [0.1, 0.15) is 11.4 Å². The van der Waals surface area contributed by atoms with Crippen LogP contribution in [0.4, 0.5) is 10.5 Å². The van der Waals surface area contributed by atoms with Crippen LogP contribution in [0.25, 0.3) is 11.0 Å². The lowest BCUT2D eigenvalue weighted by molar-refractivity contribution is -0.551. The number of anilines is 1. The van der Waals surface area contributed by atoms with Crippen LogP contribution in [-0.4, -0.2) is 31.1 Å². The van der Waals surface area contributed by atoms with Gasteiger partial charge in [0.2, 0.25) is 11.7 Å². The number of ether oxygens (including phenoxy) is 2. The molecule has 146 valence electrons. The van der Waals surface area contributed by atoms with Crippen molar-refractivity contribution in [1.29, 1.82) is 0 Å². The van der Waals surface area contributed by atoms with Crippen LogP contribution in [0.3, 0.4) is 0 Å². The third kappa shape index (κ3) is 3.08. The minimum Gasteiger partial charge on any atom is -0.494 e. The molecule has 0 saturated carbocycles. The molecule has 0 radical (unpaired) electrons. The summed E-state index contributed by atoms with van der Waals surface area (Å²) in [5.74, 6) is -0.232. The third-order valence-corrected chi connectivity index (χ3v) is 4.56. The fourth-order valence-electron chi connectivity index (χ4n) is 3.28. The number of amides is 2. The molecule has 0 bridgehead atoms. The summed E-state index contributed by atoms with van der Waals surface area (Å²) in [5.41, 5.74) is 2.04. The SMILES string of the molecule is CCOC(=O)c1ccc2c(c1)[nH+]cc1[n+]2C(=O)N(c2ccc(OCC)cc2)C1=O. The van der Waals surface area contributed by atoms with E-state index in [0.29, 0.717) is 34.6 Å². The van der Waals surface area contributed by atoms with Gasteiger partial charge >= 0.3 is 17.9 Å². The second kappa shape index (κ2) is 7.31. The Hall–Kier alpha value is -3.81. The lowest BCUT2D eigenvalue weighted by Gasteiger charge is -2.06. The van der Waals surface area contributed by atoms with E-state index in [4.69, 9.17) is 9.47 Å². The maximum Gasteiger partial charge on any atom is 0.512 e. The standard InChI is InChI=1S/C21H18N3O5/c1-3-28-15-8-6-14(7-9-15)23-19(25)18-12-22-16-11-13(20(26)29-4-2)5-10-17(16)24(18)21(23)27/h5-12H,3-4H2,1-2H3/q+1/p+1. The second-order valence-corrected chi connectivity index (χ2v) is 6.31. The van der Waals surface area contributed by atoms with E-state index in [1.165, 1.54) is 10.8 Å². The first-order valence-electron chi connectivity index (χ1n) is 9.24. The first kappa shape index (κ1) is 18.5. The first-order valence-corrected chi connectivity index (χ1v) is 9.24. The van der Waals surface area contributed by atoms with Crippen molar-refractivity contribution in [2.45, 2.75) is 13.8 Å². The second-order valence-electron chi connectivity index (χ2n) is 6.31. The molecule has 8 heteroatoms. The summed E-state index contributed by atoms with van der Waals surface area (Å²) in [6, 6.07) is 11.0. The van der Waals surface area contributed by atoms with Gasteiger partial charge in [-0.25, -0.2) is 14.6 Å². The Bertz CT molecular complexity index is 1140. The highest BCUT2D eigenvalue weighted by Gasteiger charge is 2.50. The maximum absolute atomic E-state index is 13.1. The van der Waals surface area contributed by atoms with E-state index in [2.05, 4.69) is 4.98 Å². The smallest absolute Gasteiger partial charge is 0.494 e. The lowest BCUT2D eigenvalue weighted by atomic mass is 10.2. The van der Waals surface area contributed by atoms with Crippen molar-refractivity contribution in [1.82, 2.24) is 0 Å². The van der Waals surface area contributed by atoms with Crippen LogP contribution >= 0.6 is 0 Å². The Morgan fingerprint density at radius 1 is 1.07 bits per heavy atom. The molecule has 0 saturated heterocycles. The van der Waals surface area contributed by atoms with Gasteiger partial charge in [-0.05, 0) is 50.2 Å². The Labute approximate surface area is 166 Å². The highest BCUT2D eigenvalue weighted by atomic mass is 16.5. The number of aromatic amines is 1. The quantitative estimate of drug-likeness (QED) is 0.489. The van der Waals surface area contributed by atoms with Gasteiger partial charge in [-0.15, -0.1) is 9.47 Å².